The number of methoxy groups -OCH3 is 2. The number of nitriles is 1. The van der Waals surface area contributed by atoms with Crippen LogP contribution in [0.3, 0.4) is 0 Å². The van der Waals surface area contributed by atoms with E-state index >= 15 is 0 Å². The van der Waals surface area contributed by atoms with Crippen molar-refractivity contribution in [2.75, 3.05) is 25.0 Å². The number of urea groups is 1. The fourth-order valence-electron chi connectivity index (χ4n) is 2.73. The Morgan fingerprint density at radius 3 is 2.53 bits per heavy atom. The van der Waals surface area contributed by atoms with Crippen LogP contribution in [-0.4, -0.2) is 30.2 Å². The molecule has 0 spiro atoms. The molecule has 0 saturated heterocycles. The lowest BCUT2D eigenvalue weighted by Gasteiger charge is -2.14. The molecule has 0 radical (unpaired) electrons. The van der Waals surface area contributed by atoms with E-state index in [0.717, 1.165) is 0 Å². The fraction of sp³-hybridized carbons (Fsp3) is 0.143. The number of benzene rings is 2. The molecule has 1 unspecified atom stereocenters. The van der Waals surface area contributed by atoms with E-state index in [1.807, 2.05) is 18.2 Å². The SMILES string of the molecule is COc1ccc(C(C#N)c2cncc(NNC(=O)Nc3ccccc3)n2)cc1OC. The van der Waals surface area contributed by atoms with Crippen molar-refractivity contribution < 1.29 is 14.3 Å². The normalized spacial score (nSPS) is 11.0. The van der Waals surface area contributed by atoms with Crippen LogP contribution in [0.15, 0.2) is 60.9 Å². The van der Waals surface area contributed by atoms with Gasteiger partial charge in [-0.25, -0.2) is 15.2 Å². The number of nitrogens with zero attached hydrogens (tertiary/aromatic N) is 3. The van der Waals surface area contributed by atoms with Crippen molar-refractivity contribution >= 4 is 17.5 Å². The first-order valence-corrected chi connectivity index (χ1v) is 8.96. The van der Waals surface area contributed by atoms with Crippen LogP contribution in [-0.2, 0) is 0 Å². The molecule has 9 heteroatoms. The highest BCUT2D eigenvalue weighted by Crippen LogP contribution is 2.32. The molecule has 0 aliphatic rings. The standard InChI is InChI=1S/C21H20N6O3/c1-29-18-9-8-14(10-19(18)30-2)16(11-22)17-12-23-13-20(25-17)26-27-21(28)24-15-6-4-3-5-7-15/h3-10,12-13,16H,1-2H3,(H,25,26)(H2,24,27,28). The van der Waals surface area contributed by atoms with Gasteiger partial charge in [0.2, 0.25) is 0 Å². The number of hydrogen-bond acceptors (Lipinski definition) is 7. The van der Waals surface area contributed by atoms with E-state index in [2.05, 4.69) is 32.2 Å². The van der Waals surface area contributed by atoms with Gasteiger partial charge in [0, 0.05) is 5.69 Å². The Labute approximate surface area is 173 Å². The lowest BCUT2D eigenvalue weighted by Crippen LogP contribution is -2.34. The zero-order valence-electron chi connectivity index (χ0n) is 16.4. The summed E-state index contributed by atoms with van der Waals surface area (Å²) < 4.78 is 10.5. The molecule has 0 bridgehead atoms. The van der Waals surface area contributed by atoms with Crippen LogP contribution in [0.2, 0.25) is 0 Å². The summed E-state index contributed by atoms with van der Waals surface area (Å²) >= 11 is 0. The Kier molecular flexibility index (Phi) is 6.63. The van der Waals surface area contributed by atoms with E-state index in [9.17, 15) is 10.1 Å². The number of amides is 2. The topological polar surface area (TPSA) is 121 Å². The molecule has 3 aromatic rings. The summed E-state index contributed by atoms with van der Waals surface area (Å²) in [4.78, 5) is 20.5. The minimum Gasteiger partial charge on any atom is -0.493 e. The predicted octanol–water partition coefficient (Wildman–Crippen LogP) is 3.30. The van der Waals surface area contributed by atoms with Crippen molar-refractivity contribution in [2.45, 2.75) is 5.92 Å². The summed E-state index contributed by atoms with van der Waals surface area (Å²) in [7, 11) is 3.07. The molecule has 9 nitrogen and oxygen atoms in total. The number of rotatable bonds is 7. The van der Waals surface area contributed by atoms with Gasteiger partial charge in [0.15, 0.2) is 17.3 Å². The molecule has 1 heterocycles. The van der Waals surface area contributed by atoms with Crippen LogP contribution >= 0.6 is 0 Å². The summed E-state index contributed by atoms with van der Waals surface area (Å²) in [6.07, 6.45) is 2.94. The minimum atomic E-state index is -0.683. The minimum absolute atomic E-state index is 0.288. The molecule has 0 aliphatic heterocycles. The zero-order valence-corrected chi connectivity index (χ0v) is 16.4. The van der Waals surface area contributed by atoms with Crippen LogP contribution in [0, 0.1) is 11.3 Å². The van der Waals surface area contributed by atoms with Gasteiger partial charge in [0.1, 0.15) is 5.92 Å². The van der Waals surface area contributed by atoms with Gasteiger partial charge in [0.25, 0.3) is 0 Å². The monoisotopic (exact) mass is 404 g/mol. The van der Waals surface area contributed by atoms with Gasteiger partial charge >= 0.3 is 6.03 Å². The number of ether oxygens (including phenoxy) is 2. The van der Waals surface area contributed by atoms with Gasteiger partial charge in [-0.3, -0.25) is 10.4 Å². The van der Waals surface area contributed by atoms with Crippen molar-refractivity contribution in [3.05, 3.63) is 72.2 Å². The third-order valence-electron chi connectivity index (χ3n) is 4.15. The van der Waals surface area contributed by atoms with Crippen molar-refractivity contribution in [1.29, 1.82) is 5.26 Å². The van der Waals surface area contributed by atoms with Crippen LogP contribution < -0.4 is 25.6 Å². The van der Waals surface area contributed by atoms with Crippen molar-refractivity contribution in [3.63, 3.8) is 0 Å². The van der Waals surface area contributed by atoms with Crippen LogP contribution in [0.1, 0.15) is 17.2 Å². The maximum atomic E-state index is 12.0. The Hall–Kier alpha value is -4.32. The fourth-order valence-corrected chi connectivity index (χ4v) is 2.73. The number of para-hydroxylation sites is 1. The molecule has 0 saturated carbocycles. The number of carbonyl (C=O) groups is 1. The molecule has 30 heavy (non-hydrogen) atoms. The highest BCUT2D eigenvalue weighted by atomic mass is 16.5. The van der Waals surface area contributed by atoms with Gasteiger partial charge in [0.05, 0.1) is 38.4 Å². The Balaban J connectivity index is 1.72. The van der Waals surface area contributed by atoms with Crippen LogP contribution in [0.25, 0.3) is 0 Å². The maximum absolute atomic E-state index is 12.0. The second-order valence-corrected chi connectivity index (χ2v) is 6.08. The molecule has 152 valence electrons. The smallest absolute Gasteiger partial charge is 0.337 e. The molecular formula is C21H20N6O3. The van der Waals surface area contributed by atoms with E-state index in [4.69, 9.17) is 9.47 Å². The second-order valence-electron chi connectivity index (χ2n) is 6.08. The molecular weight excluding hydrogens is 384 g/mol. The van der Waals surface area contributed by atoms with Crippen molar-refractivity contribution in [2.24, 2.45) is 0 Å². The van der Waals surface area contributed by atoms with Gasteiger partial charge < -0.3 is 14.8 Å². The van der Waals surface area contributed by atoms with Crippen molar-refractivity contribution in [3.8, 4) is 17.6 Å². The summed E-state index contributed by atoms with van der Waals surface area (Å²) in [5, 5.41) is 12.4. The third-order valence-corrected chi connectivity index (χ3v) is 4.15. The van der Waals surface area contributed by atoms with E-state index in [0.29, 0.717) is 28.4 Å². The first kappa shape index (κ1) is 20.4. The summed E-state index contributed by atoms with van der Waals surface area (Å²) in [5.74, 6) is 0.679. The lowest BCUT2D eigenvalue weighted by atomic mass is 9.97. The predicted molar refractivity (Wildman–Crippen MR) is 111 cm³/mol. The lowest BCUT2D eigenvalue weighted by molar-refractivity contribution is 0.254. The van der Waals surface area contributed by atoms with E-state index in [1.165, 1.54) is 19.5 Å². The first-order valence-electron chi connectivity index (χ1n) is 8.96. The zero-order chi connectivity index (χ0) is 21.3. The molecule has 3 N–H and O–H groups in total. The quantitative estimate of drug-likeness (QED) is 0.517. The molecule has 2 amide bonds. The average molecular weight is 404 g/mol. The third kappa shape index (κ3) is 4.94. The summed E-state index contributed by atoms with van der Waals surface area (Å²) in [6, 6.07) is 16.0. The number of hydrazine groups is 1. The Morgan fingerprint density at radius 2 is 1.83 bits per heavy atom. The van der Waals surface area contributed by atoms with Crippen molar-refractivity contribution in [1.82, 2.24) is 15.4 Å². The maximum Gasteiger partial charge on any atom is 0.337 e. The van der Waals surface area contributed by atoms with Gasteiger partial charge in [-0.1, -0.05) is 24.3 Å². The second kappa shape index (κ2) is 9.75. The van der Waals surface area contributed by atoms with Crippen LogP contribution in [0.5, 0.6) is 11.5 Å². The number of carbonyl (C=O) groups excluding carboxylic acids is 1. The molecule has 0 fully saturated rings. The highest BCUT2D eigenvalue weighted by molar-refractivity contribution is 5.89. The Bertz CT molecular complexity index is 1050. The molecule has 1 atom stereocenters. The number of aromatic nitrogens is 2. The first-order chi connectivity index (χ1) is 14.6. The molecule has 1 aromatic heterocycles. The van der Waals surface area contributed by atoms with Gasteiger partial charge in [-0.05, 0) is 29.8 Å². The Morgan fingerprint density at radius 1 is 1.07 bits per heavy atom. The van der Waals surface area contributed by atoms with E-state index in [1.54, 1.807) is 37.4 Å². The summed E-state index contributed by atoms with van der Waals surface area (Å²) in [6.45, 7) is 0. The largest absolute Gasteiger partial charge is 0.493 e. The summed E-state index contributed by atoms with van der Waals surface area (Å²) in [5.41, 5.74) is 6.91. The van der Waals surface area contributed by atoms with E-state index in [-0.39, 0.29) is 5.82 Å². The van der Waals surface area contributed by atoms with Crippen LogP contribution in [0.4, 0.5) is 16.3 Å². The highest BCUT2D eigenvalue weighted by Gasteiger charge is 2.18. The molecule has 0 aliphatic carbocycles. The average Bonchev–Trinajstić information content (AvgIpc) is 2.79. The number of nitrogens with one attached hydrogen (secondary N) is 3. The molecule has 3 rings (SSSR count). The van der Waals surface area contributed by atoms with Gasteiger partial charge in [-0.15, -0.1) is 0 Å². The number of hydrogen-bond donors (Lipinski definition) is 3. The van der Waals surface area contributed by atoms with Gasteiger partial charge in [-0.2, -0.15) is 5.26 Å². The van der Waals surface area contributed by atoms with E-state index < -0.39 is 11.9 Å². The number of anilines is 2. The molecule has 2 aromatic carbocycles.